The maximum absolute atomic E-state index is 12.4. The van der Waals surface area contributed by atoms with E-state index in [1.807, 2.05) is 42.5 Å². The number of aliphatic hydroxyl groups is 2. The SMILES string of the molecule is COCCCC1Oc2ccc(OC3CCCC3)cc2C(O)C1C1COc2c(Cc3cc(O)ccc3-c3cccc(O)c3)cc(OC3CCCC3)cc2C1O. The van der Waals surface area contributed by atoms with Crippen LogP contribution in [0.15, 0.2) is 72.8 Å². The lowest BCUT2D eigenvalue weighted by Crippen LogP contribution is -2.46. The van der Waals surface area contributed by atoms with Crippen LogP contribution in [0.25, 0.3) is 11.1 Å². The summed E-state index contributed by atoms with van der Waals surface area (Å²) in [6.45, 7) is 0.726. The van der Waals surface area contributed by atoms with Crippen LogP contribution < -0.4 is 18.9 Å². The number of aliphatic hydroxyl groups excluding tert-OH is 2. The molecule has 4 aromatic rings. The zero-order valence-electron chi connectivity index (χ0n) is 31.0. The molecule has 8 rings (SSSR count). The second kappa shape index (κ2) is 16.1. The number of fused-ring (bicyclic) bond motifs is 2. The van der Waals surface area contributed by atoms with E-state index in [1.54, 1.807) is 37.4 Å². The first-order chi connectivity index (χ1) is 26.3. The summed E-state index contributed by atoms with van der Waals surface area (Å²) in [4.78, 5) is 0. The Balaban J connectivity index is 1.15. The summed E-state index contributed by atoms with van der Waals surface area (Å²) >= 11 is 0. The van der Waals surface area contributed by atoms with Gasteiger partial charge in [-0.1, -0.05) is 18.2 Å². The number of ether oxygens (including phenoxy) is 5. The van der Waals surface area contributed by atoms with Crippen LogP contribution in [-0.4, -0.2) is 59.1 Å². The summed E-state index contributed by atoms with van der Waals surface area (Å²) < 4.78 is 31.6. The monoisotopic (exact) mass is 736 g/mol. The van der Waals surface area contributed by atoms with Crippen molar-refractivity contribution in [1.82, 2.24) is 0 Å². The van der Waals surface area contributed by atoms with Gasteiger partial charge in [0, 0.05) is 48.7 Å². The molecule has 2 aliphatic heterocycles. The van der Waals surface area contributed by atoms with Crippen LogP contribution in [0.1, 0.15) is 98.7 Å². The Labute approximate surface area is 317 Å². The van der Waals surface area contributed by atoms with Crippen molar-refractivity contribution in [3.05, 3.63) is 95.1 Å². The van der Waals surface area contributed by atoms with Crippen LogP contribution in [-0.2, 0) is 11.2 Å². The van der Waals surface area contributed by atoms with Gasteiger partial charge in [0.1, 0.15) is 40.6 Å². The van der Waals surface area contributed by atoms with Crippen molar-refractivity contribution < 1.29 is 44.1 Å². The highest BCUT2D eigenvalue weighted by Crippen LogP contribution is 2.51. The molecule has 2 aliphatic carbocycles. The molecule has 2 fully saturated rings. The number of hydrogen-bond acceptors (Lipinski definition) is 9. The van der Waals surface area contributed by atoms with Crippen molar-refractivity contribution in [3.8, 4) is 45.6 Å². The number of rotatable bonds is 12. The Morgan fingerprint density at radius 1 is 0.722 bits per heavy atom. The van der Waals surface area contributed by atoms with E-state index in [0.29, 0.717) is 47.8 Å². The lowest BCUT2D eigenvalue weighted by atomic mass is 9.72. The fourth-order valence-electron chi connectivity index (χ4n) is 9.17. The average molecular weight is 737 g/mol. The topological polar surface area (TPSA) is 127 Å². The largest absolute Gasteiger partial charge is 0.508 e. The van der Waals surface area contributed by atoms with Gasteiger partial charge in [-0.05, 0) is 135 Å². The molecule has 5 atom stereocenters. The molecule has 0 aromatic heterocycles. The highest BCUT2D eigenvalue weighted by atomic mass is 16.5. The summed E-state index contributed by atoms with van der Waals surface area (Å²) in [6, 6.07) is 21.9. The minimum absolute atomic E-state index is 0.0906. The molecule has 9 nitrogen and oxygen atoms in total. The number of aromatic hydroxyl groups is 2. The smallest absolute Gasteiger partial charge is 0.128 e. The van der Waals surface area contributed by atoms with E-state index in [2.05, 4.69) is 0 Å². The Bertz CT molecular complexity index is 1910. The molecule has 5 unspecified atom stereocenters. The van der Waals surface area contributed by atoms with Crippen molar-refractivity contribution >= 4 is 0 Å². The van der Waals surface area contributed by atoms with Gasteiger partial charge in [0.25, 0.3) is 0 Å². The second-order valence-electron chi connectivity index (χ2n) is 15.6. The zero-order chi connectivity index (χ0) is 37.2. The number of methoxy groups -OCH3 is 1. The van der Waals surface area contributed by atoms with E-state index >= 15 is 0 Å². The summed E-state index contributed by atoms with van der Waals surface area (Å²) in [6.07, 6.45) is 8.30. The van der Waals surface area contributed by atoms with E-state index in [-0.39, 0.29) is 36.4 Å². The van der Waals surface area contributed by atoms with E-state index in [4.69, 9.17) is 23.7 Å². The average Bonchev–Trinajstić information content (AvgIpc) is 3.88. The fourth-order valence-corrected chi connectivity index (χ4v) is 9.17. The third kappa shape index (κ3) is 7.72. The van der Waals surface area contributed by atoms with Gasteiger partial charge in [-0.25, -0.2) is 0 Å². The highest BCUT2D eigenvalue weighted by molar-refractivity contribution is 5.70. The van der Waals surface area contributed by atoms with Crippen LogP contribution in [0.4, 0.5) is 0 Å². The van der Waals surface area contributed by atoms with Crippen LogP contribution in [0, 0.1) is 11.8 Å². The lowest BCUT2D eigenvalue weighted by Gasteiger charge is -2.45. The molecule has 286 valence electrons. The molecular formula is C45H52O9. The number of phenolic OH excluding ortho intramolecular Hbond substituents is 2. The number of phenols is 2. The first kappa shape index (κ1) is 36.5. The fraction of sp³-hybridized carbons (Fsp3) is 0.467. The molecule has 4 aliphatic rings. The quantitative estimate of drug-likeness (QED) is 0.106. The van der Waals surface area contributed by atoms with Gasteiger partial charge < -0.3 is 44.1 Å². The van der Waals surface area contributed by atoms with Gasteiger partial charge in [0.05, 0.1) is 31.0 Å². The van der Waals surface area contributed by atoms with Crippen molar-refractivity contribution in [3.63, 3.8) is 0 Å². The molecule has 54 heavy (non-hydrogen) atoms. The van der Waals surface area contributed by atoms with Gasteiger partial charge in [-0.15, -0.1) is 0 Å². The summed E-state index contributed by atoms with van der Waals surface area (Å²) in [7, 11) is 1.68. The van der Waals surface area contributed by atoms with Crippen molar-refractivity contribution in [2.75, 3.05) is 20.3 Å². The van der Waals surface area contributed by atoms with Crippen LogP contribution >= 0.6 is 0 Å². The first-order valence-electron chi connectivity index (χ1n) is 19.7. The molecular weight excluding hydrogens is 684 g/mol. The van der Waals surface area contributed by atoms with Crippen LogP contribution in [0.3, 0.4) is 0 Å². The Morgan fingerprint density at radius 3 is 2.19 bits per heavy atom. The Hall–Kier alpha value is -4.44. The van der Waals surface area contributed by atoms with Crippen LogP contribution in [0.5, 0.6) is 34.5 Å². The third-order valence-corrected chi connectivity index (χ3v) is 11.9. The minimum Gasteiger partial charge on any atom is -0.508 e. The van der Waals surface area contributed by atoms with E-state index in [1.165, 1.54) is 0 Å². The second-order valence-corrected chi connectivity index (χ2v) is 15.6. The zero-order valence-corrected chi connectivity index (χ0v) is 31.0. The van der Waals surface area contributed by atoms with Crippen molar-refractivity contribution in [2.24, 2.45) is 11.8 Å². The molecule has 9 heteroatoms. The Kier molecular flexibility index (Phi) is 10.9. The molecule has 4 aromatic carbocycles. The maximum Gasteiger partial charge on any atom is 0.128 e. The molecule has 0 radical (unpaired) electrons. The van der Waals surface area contributed by atoms with Gasteiger partial charge in [0.2, 0.25) is 0 Å². The lowest BCUT2D eigenvalue weighted by molar-refractivity contribution is -0.0890. The van der Waals surface area contributed by atoms with Crippen molar-refractivity contribution in [2.45, 2.75) is 101 Å². The Morgan fingerprint density at radius 2 is 1.44 bits per heavy atom. The van der Waals surface area contributed by atoms with Crippen LogP contribution in [0.2, 0.25) is 0 Å². The predicted molar refractivity (Wildman–Crippen MR) is 205 cm³/mol. The molecule has 0 saturated heterocycles. The standard InChI is InChI=1S/C45H52O9/c1-50-19-7-14-41-42(44(49)37-24-34(16-18-40(37)54-41)52-32-10-2-3-11-32)39-26-51-45-29(23-35(25-38(45)43(39)48)53-33-12-4-5-13-33)20-28-22-31(47)15-17-36(28)27-8-6-9-30(46)21-27/h6,8-9,15-18,21-25,32-33,39,41-44,46-49H,2-5,7,10-14,19-20,26H2,1H3. The van der Waals surface area contributed by atoms with Crippen molar-refractivity contribution in [1.29, 1.82) is 0 Å². The summed E-state index contributed by atoms with van der Waals surface area (Å²) in [5, 5.41) is 45.5. The van der Waals surface area contributed by atoms with E-state index in [0.717, 1.165) is 85.8 Å². The summed E-state index contributed by atoms with van der Waals surface area (Å²) in [5.41, 5.74) is 4.62. The number of hydrogen-bond donors (Lipinski definition) is 4. The molecule has 0 spiro atoms. The van der Waals surface area contributed by atoms with Gasteiger partial charge in [-0.3, -0.25) is 0 Å². The predicted octanol–water partition coefficient (Wildman–Crippen LogP) is 8.58. The summed E-state index contributed by atoms with van der Waals surface area (Å²) in [5.74, 6) is 1.91. The van der Waals surface area contributed by atoms with Gasteiger partial charge >= 0.3 is 0 Å². The van der Waals surface area contributed by atoms with Gasteiger partial charge in [0.15, 0.2) is 0 Å². The normalized spacial score (nSPS) is 24.0. The molecule has 2 heterocycles. The maximum atomic E-state index is 12.4. The molecule has 0 bridgehead atoms. The van der Waals surface area contributed by atoms with E-state index in [9.17, 15) is 20.4 Å². The van der Waals surface area contributed by atoms with E-state index < -0.39 is 24.0 Å². The molecule has 0 amide bonds. The third-order valence-electron chi connectivity index (χ3n) is 11.9. The number of benzene rings is 4. The van der Waals surface area contributed by atoms with Gasteiger partial charge in [-0.2, -0.15) is 0 Å². The highest BCUT2D eigenvalue weighted by Gasteiger charge is 2.47. The molecule has 4 N–H and O–H groups in total. The molecule has 2 saturated carbocycles. The first-order valence-corrected chi connectivity index (χ1v) is 19.7. The minimum atomic E-state index is -0.984.